The SMILES string of the molecule is CNC1(c2nc(C)c(C)s2)CCCC1C. The summed E-state index contributed by atoms with van der Waals surface area (Å²) in [6, 6.07) is 0. The fraction of sp³-hybridized carbons (Fsp3) is 0.750. The second-order valence-electron chi connectivity index (χ2n) is 4.68. The number of thiazole rings is 1. The highest BCUT2D eigenvalue weighted by Gasteiger charge is 2.42. The van der Waals surface area contributed by atoms with Crippen LogP contribution in [-0.4, -0.2) is 12.0 Å². The lowest BCUT2D eigenvalue weighted by atomic mass is 9.89. The Morgan fingerprint density at radius 1 is 1.47 bits per heavy atom. The van der Waals surface area contributed by atoms with Gasteiger partial charge in [-0.25, -0.2) is 4.98 Å². The van der Waals surface area contributed by atoms with Crippen LogP contribution in [0.5, 0.6) is 0 Å². The second kappa shape index (κ2) is 3.87. The zero-order valence-corrected chi connectivity index (χ0v) is 10.9. The fourth-order valence-electron chi connectivity index (χ4n) is 2.64. The molecule has 1 fully saturated rings. The molecule has 0 bridgehead atoms. The topological polar surface area (TPSA) is 24.9 Å². The molecule has 1 aromatic rings. The Hall–Kier alpha value is -0.410. The molecular weight excluding hydrogens is 204 g/mol. The summed E-state index contributed by atoms with van der Waals surface area (Å²) >= 11 is 1.87. The van der Waals surface area contributed by atoms with Gasteiger partial charge < -0.3 is 5.32 Å². The Morgan fingerprint density at radius 2 is 2.20 bits per heavy atom. The Morgan fingerprint density at radius 3 is 2.60 bits per heavy atom. The molecule has 1 aliphatic rings. The van der Waals surface area contributed by atoms with Crippen molar-refractivity contribution in [1.29, 1.82) is 0 Å². The maximum absolute atomic E-state index is 4.74. The molecule has 2 rings (SSSR count). The number of nitrogens with zero attached hydrogens (tertiary/aromatic N) is 1. The third kappa shape index (κ3) is 1.62. The van der Waals surface area contributed by atoms with Crippen molar-refractivity contribution < 1.29 is 0 Å². The van der Waals surface area contributed by atoms with Crippen LogP contribution < -0.4 is 5.32 Å². The molecule has 1 heterocycles. The van der Waals surface area contributed by atoms with Gasteiger partial charge in [0.2, 0.25) is 0 Å². The summed E-state index contributed by atoms with van der Waals surface area (Å²) < 4.78 is 0. The highest BCUT2D eigenvalue weighted by atomic mass is 32.1. The second-order valence-corrected chi connectivity index (χ2v) is 5.88. The van der Waals surface area contributed by atoms with Gasteiger partial charge in [-0.05, 0) is 39.7 Å². The number of nitrogens with one attached hydrogen (secondary N) is 1. The van der Waals surface area contributed by atoms with Crippen LogP contribution in [0.3, 0.4) is 0 Å². The molecule has 2 atom stereocenters. The van der Waals surface area contributed by atoms with Gasteiger partial charge in [-0.1, -0.05) is 13.3 Å². The first-order valence-electron chi connectivity index (χ1n) is 5.73. The predicted molar refractivity (Wildman–Crippen MR) is 65.3 cm³/mol. The van der Waals surface area contributed by atoms with E-state index >= 15 is 0 Å². The first-order valence-corrected chi connectivity index (χ1v) is 6.55. The van der Waals surface area contributed by atoms with E-state index < -0.39 is 0 Å². The van der Waals surface area contributed by atoms with Gasteiger partial charge in [0.25, 0.3) is 0 Å². The summed E-state index contributed by atoms with van der Waals surface area (Å²) in [6.45, 7) is 6.62. The van der Waals surface area contributed by atoms with Crippen LogP contribution in [0.1, 0.15) is 41.8 Å². The number of rotatable bonds is 2. The monoisotopic (exact) mass is 224 g/mol. The maximum atomic E-state index is 4.74. The van der Waals surface area contributed by atoms with Gasteiger partial charge in [0.15, 0.2) is 0 Å². The first kappa shape index (κ1) is 11.1. The lowest BCUT2D eigenvalue weighted by molar-refractivity contribution is 0.282. The van der Waals surface area contributed by atoms with Crippen molar-refractivity contribution in [2.45, 2.75) is 45.6 Å². The minimum Gasteiger partial charge on any atom is -0.308 e. The summed E-state index contributed by atoms with van der Waals surface area (Å²) in [5, 5.41) is 4.83. The van der Waals surface area contributed by atoms with Gasteiger partial charge in [0.1, 0.15) is 5.01 Å². The van der Waals surface area contributed by atoms with E-state index in [0.29, 0.717) is 5.92 Å². The van der Waals surface area contributed by atoms with E-state index in [1.807, 2.05) is 11.3 Å². The van der Waals surface area contributed by atoms with Crippen LogP contribution >= 0.6 is 11.3 Å². The largest absolute Gasteiger partial charge is 0.308 e. The van der Waals surface area contributed by atoms with Crippen molar-refractivity contribution in [2.24, 2.45) is 5.92 Å². The molecule has 0 saturated heterocycles. The van der Waals surface area contributed by atoms with E-state index in [1.54, 1.807) is 0 Å². The summed E-state index contributed by atoms with van der Waals surface area (Å²) in [6.07, 6.45) is 3.87. The van der Waals surface area contributed by atoms with E-state index in [4.69, 9.17) is 4.98 Å². The van der Waals surface area contributed by atoms with Crippen LogP contribution in [0.15, 0.2) is 0 Å². The Bertz CT molecular complexity index is 339. The summed E-state index contributed by atoms with van der Waals surface area (Å²) in [7, 11) is 2.08. The Labute approximate surface area is 96.1 Å². The smallest absolute Gasteiger partial charge is 0.113 e. The van der Waals surface area contributed by atoms with Crippen LogP contribution in [0.25, 0.3) is 0 Å². The molecule has 15 heavy (non-hydrogen) atoms. The minimum atomic E-state index is 0.156. The zero-order valence-electron chi connectivity index (χ0n) is 10.1. The van der Waals surface area contributed by atoms with Gasteiger partial charge in [0.05, 0.1) is 11.2 Å². The summed E-state index contributed by atoms with van der Waals surface area (Å²) in [5.74, 6) is 0.701. The highest BCUT2D eigenvalue weighted by Crippen LogP contribution is 2.44. The third-order valence-electron chi connectivity index (χ3n) is 3.91. The maximum Gasteiger partial charge on any atom is 0.113 e. The van der Waals surface area contributed by atoms with Crippen molar-refractivity contribution in [2.75, 3.05) is 7.05 Å². The van der Waals surface area contributed by atoms with Gasteiger partial charge in [-0.15, -0.1) is 11.3 Å². The predicted octanol–water partition coefficient (Wildman–Crippen LogP) is 2.99. The van der Waals surface area contributed by atoms with Gasteiger partial charge in [0, 0.05) is 4.88 Å². The van der Waals surface area contributed by atoms with Crippen LogP contribution in [0, 0.1) is 19.8 Å². The number of aromatic nitrogens is 1. The van der Waals surface area contributed by atoms with E-state index in [1.165, 1.54) is 34.8 Å². The molecule has 1 aliphatic carbocycles. The third-order valence-corrected chi connectivity index (χ3v) is 5.16. The fourth-order valence-corrected chi connectivity index (χ4v) is 3.89. The van der Waals surface area contributed by atoms with E-state index in [-0.39, 0.29) is 5.54 Å². The van der Waals surface area contributed by atoms with E-state index in [0.717, 1.165) is 0 Å². The quantitative estimate of drug-likeness (QED) is 0.835. The number of aryl methyl sites for hydroxylation is 2. The van der Waals surface area contributed by atoms with Crippen molar-refractivity contribution in [1.82, 2.24) is 10.3 Å². The minimum absolute atomic E-state index is 0.156. The summed E-state index contributed by atoms with van der Waals surface area (Å²) in [5.41, 5.74) is 1.35. The van der Waals surface area contributed by atoms with Gasteiger partial charge in [-0.2, -0.15) is 0 Å². The van der Waals surface area contributed by atoms with Crippen LogP contribution in [-0.2, 0) is 5.54 Å². The van der Waals surface area contributed by atoms with Crippen LogP contribution in [0.4, 0.5) is 0 Å². The Balaban J connectivity index is 2.41. The average molecular weight is 224 g/mol. The molecule has 2 unspecified atom stereocenters. The number of hydrogen-bond acceptors (Lipinski definition) is 3. The Kier molecular flexibility index (Phi) is 2.86. The molecule has 1 saturated carbocycles. The molecule has 2 nitrogen and oxygen atoms in total. The van der Waals surface area contributed by atoms with E-state index in [9.17, 15) is 0 Å². The summed E-state index contributed by atoms with van der Waals surface area (Å²) in [4.78, 5) is 6.10. The molecule has 3 heteroatoms. The molecule has 84 valence electrons. The average Bonchev–Trinajstić information content (AvgIpc) is 2.73. The molecule has 0 amide bonds. The van der Waals surface area contributed by atoms with Crippen molar-refractivity contribution in [3.8, 4) is 0 Å². The molecular formula is C12H20N2S. The van der Waals surface area contributed by atoms with Crippen LogP contribution in [0.2, 0.25) is 0 Å². The lowest BCUT2D eigenvalue weighted by Crippen LogP contribution is -2.42. The van der Waals surface area contributed by atoms with Gasteiger partial charge >= 0.3 is 0 Å². The van der Waals surface area contributed by atoms with Crippen molar-refractivity contribution in [3.63, 3.8) is 0 Å². The standard InChI is InChI=1S/C12H20N2S/c1-8-6-5-7-12(8,13-4)11-14-9(2)10(3)15-11/h8,13H,5-7H2,1-4H3. The van der Waals surface area contributed by atoms with Crippen molar-refractivity contribution >= 4 is 11.3 Å². The molecule has 0 aliphatic heterocycles. The molecule has 0 aromatic carbocycles. The highest BCUT2D eigenvalue weighted by molar-refractivity contribution is 7.11. The van der Waals surface area contributed by atoms with E-state index in [2.05, 4.69) is 33.1 Å². The molecule has 1 aromatic heterocycles. The van der Waals surface area contributed by atoms with Crippen molar-refractivity contribution in [3.05, 3.63) is 15.6 Å². The molecule has 0 radical (unpaired) electrons. The lowest BCUT2D eigenvalue weighted by Gasteiger charge is -2.31. The van der Waals surface area contributed by atoms with Gasteiger partial charge in [-0.3, -0.25) is 0 Å². The number of hydrogen-bond donors (Lipinski definition) is 1. The normalized spacial score (nSPS) is 31.1. The molecule has 0 spiro atoms. The first-order chi connectivity index (χ1) is 7.10. The zero-order chi connectivity index (χ0) is 11.1. The molecule has 1 N–H and O–H groups in total.